The van der Waals surface area contributed by atoms with Crippen molar-refractivity contribution in [2.24, 2.45) is 0 Å². The van der Waals surface area contributed by atoms with E-state index in [-0.39, 0.29) is 25.2 Å². The molecule has 0 bridgehead atoms. The molecule has 8 heteroatoms. The van der Waals surface area contributed by atoms with Crippen LogP contribution in [0.2, 0.25) is 0 Å². The SMILES string of the molecule is CCOC(=O)c1ccccc1CN1CN(C(C)C)C(=O)C2C(O)C(=O)C=CN21. The molecule has 2 aliphatic heterocycles. The van der Waals surface area contributed by atoms with Crippen LogP contribution in [0.4, 0.5) is 0 Å². The number of ether oxygens (including phenoxy) is 1. The Morgan fingerprint density at radius 3 is 2.68 bits per heavy atom. The van der Waals surface area contributed by atoms with Gasteiger partial charge in [0, 0.05) is 24.9 Å². The minimum atomic E-state index is -1.43. The second-order valence-corrected chi connectivity index (χ2v) is 7.07. The van der Waals surface area contributed by atoms with Gasteiger partial charge in [0.25, 0.3) is 5.91 Å². The van der Waals surface area contributed by atoms with Crippen molar-refractivity contribution in [3.05, 3.63) is 47.7 Å². The average Bonchev–Trinajstić information content (AvgIpc) is 2.66. The van der Waals surface area contributed by atoms with Gasteiger partial charge in [-0.3, -0.25) is 14.6 Å². The monoisotopic (exact) mass is 387 g/mol. The topological polar surface area (TPSA) is 90.4 Å². The number of esters is 1. The molecule has 1 aromatic carbocycles. The number of carbonyl (C=O) groups excluding carboxylic acids is 3. The van der Waals surface area contributed by atoms with Gasteiger partial charge in [0.2, 0.25) is 0 Å². The first-order valence-corrected chi connectivity index (χ1v) is 9.34. The molecule has 1 aromatic rings. The predicted octanol–water partition coefficient (Wildman–Crippen LogP) is 0.916. The highest BCUT2D eigenvalue weighted by atomic mass is 16.5. The van der Waals surface area contributed by atoms with Crippen molar-refractivity contribution < 1.29 is 24.2 Å². The van der Waals surface area contributed by atoms with Crippen LogP contribution in [0.1, 0.15) is 36.7 Å². The molecule has 28 heavy (non-hydrogen) atoms. The average molecular weight is 387 g/mol. The number of hydrazine groups is 1. The zero-order chi connectivity index (χ0) is 20.4. The molecule has 150 valence electrons. The molecule has 1 fully saturated rings. The summed E-state index contributed by atoms with van der Waals surface area (Å²) >= 11 is 0. The Bertz CT molecular complexity index is 807. The van der Waals surface area contributed by atoms with Crippen LogP contribution in [0, 0.1) is 0 Å². The second-order valence-electron chi connectivity index (χ2n) is 7.07. The number of fused-ring (bicyclic) bond motifs is 1. The van der Waals surface area contributed by atoms with Gasteiger partial charge in [0.15, 0.2) is 11.8 Å². The van der Waals surface area contributed by atoms with Crippen molar-refractivity contribution in [3.63, 3.8) is 0 Å². The van der Waals surface area contributed by atoms with E-state index in [1.807, 2.05) is 31.0 Å². The number of ketones is 1. The highest BCUT2D eigenvalue weighted by Crippen LogP contribution is 2.27. The van der Waals surface area contributed by atoms with E-state index >= 15 is 0 Å². The van der Waals surface area contributed by atoms with Gasteiger partial charge < -0.3 is 14.7 Å². The molecular weight excluding hydrogens is 362 g/mol. The van der Waals surface area contributed by atoms with E-state index in [4.69, 9.17) is 4.74 Å². The Morgan fingerprint density at radius 1 is 1.29 bits per heavy atom. The number of benzene rings is 1. The van der Waals surface area contributed by atoms with E-state index in [1.165, 1.54) is 12.3 Å². The van der Waals surface area contributed by atoms with Crippen LogP contribution in [0.15, 0.2) is 36.5 Å². The summed E-state index contributed by atoms with van der Waals surface area (Å²) in [6.07, 6.45) is 1.35. The fourth-order valence-corrected chi connectivity index (χ4v) is 3.46. The summed E-state index contributed by atoms with van der Waals surface area (Å²) in [7, 11) is 0. The standard InChI is InChI=1S/C20H25N3O5/c1-4-28-20(27)15-8-6-5-7-14(15)11-21-12-22(13(2)3)19(26)17-18(25)16(24)9-10-23(17)21/h5-10,13,17-18,25H,4,11-12H2,1-3H3. The molecule has 0 radical (unpaired) electrons. The number of amides is 1. The van der Waals surface area contributed by atoms with Crippen molar-refractivity contribution in [2.75, 3.05) is 13.3 Å². The highest BCUT2D eigenvalue weighted by molar-refractivity contribution is 6.00. The largest absolute Gasteiger partial charge is 0.462 e. The molecule has 2 aliphatic rings. The summed E-state index contributed by atoms with van der Waals surface area (Å²) in [5, 5.41) is 13.8. The quantitative estimate of drug-likeness (QED) is 0.751. The summed E-state index contributed by atoms with van der Waals surface area (Å²) in [5.74, 6) is -1.20. The number of hydrogen-bond acceptors (Lipinski definition) is 7. The number of nitrogens with zero attached hydrogens (tertiary/aromatic N) is 3. The van der Waals surface area contributed by atoms with Crippen molar-refractivity contribution >= 4 is 17.7 Å². The molecule has 2 unspecified atom stereocenters. The van der Waals surface area contributed by atoms with Crippen molar-refractivity contribution in [1.29, 1.82) is 0 Å². The van der Waals surface area contributed by atoms with Crippen LogP contribution in [0.5, 0.6) is 0 Å². The maximum Gasteiger partial charge on any atom is 0.338 e. The summed E-state index contributed by atoms with van der Waals surface area (Å²) in [5.41, 5.74) is 1.18. The summed E-state index contributed by atoms with van der Waals surface area (Å²) in [6.45, 7) is 6.37. The molecule has 1 N–H and O–H groups in total. The van der Waals surface area contributed by atoms with Gasteiger partial charge in [-0.2, -0.15) is 5.01 Å². The van der Waals surface area contributed by atoms with Gasteiger partial charge in [-0.25, -0.2) is 4.79 Å². The molecule has 3 rings (SSSR count). The van der Waals surface area contributed by atoms with E-state index in [0.29, 0.717) is 12.1 Å². The number of carbonyl (C=O) groups is 3. The van der Waals surface area contributed by atoms with Crippen LogP contribution in [0.25, 0.3) is 0 Å². The third-order valence-corrected chi connectivity index (χ3v) is 4.93. The maximum atomic E-state index is 12.9. The Balaban J connectivity index is 1.95. The molecule has 1 saturated heterocycles. The van der Waals surface area contributed by atoms with Gasteiger partial charge >= 0.3 is 5.97 Å². The van der Waals surface area contributed by atoms with E-state index in [1.54, 1.807) is 29.0 Å². The van der Waals surface area contributed by atoms with Crippen LogP contribution in [0.3, 0.4) is 0 Å². The Hall–Kier alpha value is -2.71. The van der Waals surface area contributed by atoms with Crippen LogP contribution in [-0.2, 0) is 20.9 Å². The van der Waals surface area contributed by atoms with Crippen LogP contribution < -0.4 is 0 Å². The first kappa shape index (κ1) is 20.0. The summed E-state index contributed by atoms with van der Waals surface area (Å²) in [4.78, 5) is 38.7. The first-order chi connectivity index (χ1) is 13.3. The second kappa shape index (κ2) is 8.12. The van der Waals surface area contributed by atoms with Gasteiger partial charge in [0.1, 0.15) is 6.10 Å². The summed E-state index contributed by atoms with van der Waals surface area (Å²) in [6, 6.07) is 6.00. The minimum absolute atomic E-state index is 0.106. The molecule has 8 nitrogen and oxygen atoms in total. The van der Waals surface area contributed by atoms with E-state index in [9.17, 15) is 19.5 Å². The van der Waals surface area contributed by atoms with E-state index in [0.717, 1.165) is 5.56 Å². The Morgan fingerprint density at radius 2 is 2.00 bits per heavy atom. The van der Waals surface area contributed by atoms with Crippen LogP contribution >= 0.6 is 0 Å². The number of hydrogen-bond donors (Lipinski definition) is 1. The molecule has 2 atom stereocenters. The van der Waals surface area contributed by atoms with Crippen molar-refractivity contribution in [2.45, 2.75) is 45.5 Å². The van der Waals surface area contributed by atoms with E-state index < -0.39 is 23.9 Å². The number of rotatable bonds is 5. The zero-order valence-corrected chi connectivity index (χ0v) is 16.2. The smallest absolute Gasteiger partial charge is 0.338 e. The van der Waals surface area contributed by atoms with Gasteiger partial charge in [0.05, 0.1) is 18.8 Å². The van der Waals surface area contributed by atoms with Gasteiger partial charge in [-0.15, -0.1) is 0 Å². The lowest BCUT2D eigenvalue weighted by atomic mass is 9.99. The molecule has 2 heterocycles. The minimum Gasteiger partial charge on any atom is -0.462 e. The van der Waals surface area contributed by atoms with Crippen molar-refractivity contribution in [3.8, 4) is 0 Å². The van der Waals surface area contributed by atoms with Gasteiger partial charge in [-0.05, 0) is 32.4 Å². The maximum absolute atomic E-state index is 12.9. The third-order valence-electron chi connectivity index (χ3n) is 4.93. The van der Waals surface area contributed by atoms with Crippen LogP contribution in [-0.4, -0.2) is 69.1 Å². The third kappa shape index (κ3) is 3.65. The van der Waals surface area contributed by atoms with E-state index in [2.05, 4.69) is 0 Å². The Labute approximate surface area is 163 Å². The molecule has 0 aromatic heterocycles. The zero-order valence-electron chi connectivity index (χ0n) is 16.2. The highest BCUT2D eigenvalue weighted by Gasteiger charge is 2.46. The molecule has 0 saturated carbocycles. The Kier molecular flexibility index (Phi) is 5.81. The first-order valence-electron chi connectivity index (χ1n) is 9.34. The summed E-state index contributed by atoms with van der Waals surface area (Å²) < 4.78 is 5.14. The number of aliphatic hydroxyl groups is 1. The lowest BCUT2D eigenvalue weighted by Crippen LogP contribution is -2.68. The van der Waals surface area contributed by atoms with Gasteiger partial charge in [-0.1, -0.05) is 18.2 Å². The molecule has 0 spiro atoms. The normalized spacial score (nSPS) is 22.6. The molecule has 1 amide bonds. The molecular formula is C20H25N3O5. The number of aliphatic hydroxyl groups excluding tert-OH is 1. The fourth-order valence-electron chi connectivity index (χ4n) is 3.46. The lowest BCUT2D eigenvalue weighted by Gasteiger charge is -2.50. The predicted molar refractivity (Wildman–Crippen MR) is 101 cm³/mol. The lowest BCUT2D eigenvalue weighted by molar-refractivity contribution is -0.184. The van der Waals surface area contributed by atoms with Crippen molar-refractivity contribution in [1.82, 2.24) is 14.9 Å². The molecule has 0 aliphatic carbocycles. The fraction of sp³-hybridized carbons (Fsp3) is 0.450.